The fourth-order valence-electron chi connectivity index (χ4n) is 2.30. The standard InChI is InChI=1S/C17H23NO/c1-12-8-14(3)16(9-13(12)2)11-18-15(4)10-17-6-5-7-19-17/h5-9,15,18H,10-11H2,1-4H3. The molecule has 19 heavy (non-hydrogen) atoms. The van der Waals surface area contributed by atoms with E-state index < -0.39 is 0 Å². The van der Waals surface area contributed by atoms with E-state index in [1.165, 1.54) is 22.3 Å². The van der Waals surface area contributed by atoms with E-state index in [4.69, 9.17) is 4.42 Å². The molecule has 1 unspecified atom stereocenters. The van der Waals surface area contributed by atoms with E-state index in [2.05, 4.69) is 45.1 Å². The number of benzene rings is 1. The second-order valence-electron chi connectivity index (χ2n) is 5.43. The monoisotopic (exact) mass is 257 g/mol. The Hall–Kier alpha value is -1.54. The average molecular weight is 257 g/mol. The molecule has 0 spiro atoms. The van der Waals surface area contributed by atoms with Crippen molar-refractivity contribution in [2.75, 3.05) is 0 Å². The van der Waals surface area contributed by atoms with Gasteiger partial charge in [0.2, 0.25) is 0 Å². The minimum Gasteiger partial charge on any atom is -0.469 e. The third kappa shape index (κ3) is 3.71. The minimum absolute atomic E-state index is 0.409. The van der Waals surface area contributed by atoms with Crippen LogP contribution in [0.5, 0.6) is 0 Å². The fraction of sp³-hybridized carbons (Fsp3) is 0.412. The first-order chi connectivity index (χ1) is 9.06. The van der Waals surface area contributed by atoms with Gasteiger partial charge in [-0.25, -0.2) is 0 Å². The summed E-state index contributed by atoms with van der Waals surface area (Å²) in [7, 11) is 0. The van der Waals surface area contributed by atoms with Gasteiger partial charge in [0.15, 0.2) is 0 Å². The molecule has 0 aliphatic carbocycles. The molecular formula is C17H23NO. The molecule has 1 heterocycles. The first-order valence-electron chi connectivity index (χ1n) is 6.88. The quantitative estimate of drug-likeness (QED) is 0.878. The molecule has 0 saturated heterocycles. The van der Waals surface area contributed by atoms with Crippen molar-refractivity contribution in [2.45, 2.75) is 46.7 Å². The van der Waals surface area contributed by atoms with Crippen LogP contribution >= 0.6 is 0 Å². The van der Waals surface area contributed by atoms with E-state index in [9.17, 15) is 0 Å². The van der Waals surface area contributed by atoms with Gasteiger partial charge in [-0.2, -0.15) is 0 Å². The van der Waals surface area contributed by atoms with E-state index in [1.807, 2.05) is 12.1 Å². The Bertz CT molecular complexity index is 528. The summed E-state index contributed by atoms with van der Waals surface area (Å²) in [5, 5.41) is 3.56. The normalized spacial score (nSPS) is 12.6. The molecule has 0 aliphatic rings. The largest absolute Gasteiger partial charge is 0.469 e. The van der Waals surface area contributed by atoms with Crippen molar-refractivity contribution in [1.29, 1.82) is 0 Å². The van der Waals surface area contributed by atoms with Gasteiger partial charge < -0.3 is 9.73 Å². The third-order valence-electron chi connectivity index (χ3n) is 3.68. The molecule has 0 radical (unpaired) electrons. The summed E-state index contributed by atoms with van der Waals surface area (Å²) >= 11 is 0. The lowest BCUT2D eigenvalue weighted by molar-refractivity contribution is 0.456. The molecule has 2 nitrogen and oxygen atoms in total. The topological polar surface area (TPSA) is 25.2 Å². The molecule has 0 bridgehead atoms. The summed E-state index contributed by atoms with van der Waals surface area (Å²) in [6.07, 6.45) is 2.66. The van der Waals surface area contributed by atoms with E-state index in [1.54, 1.807) is 6.26 Å². The maximum Gasteiger partial charge on any atom is 0.105 e. The van der Waals surface area contributed by atoms with Crippen molar-refractivity contribution >= 4 is 0 Å². The van der Waals surface area contributed by atoms with Crippen LogP contribution in [0.4, 0.5) is 0 Å². The zero-order chi connectivity index (χ0) is 13.8. The number of hydrogen-bond donors (Lipinski definition) is 1. The molecule has 0 amide bonds. The van der Waals surface area contributed by atoms with Gasteiger partial charge in [-0.1, -0.05) is 12.1 Å². The van der Waals surface area contributed by atoms with Gasteiger partial charge in [-0.3, -0.25) is 0 Å². The molecule has 2 heteroatoms. The van der Waals surface area contributed by atoms with Crippen LogP contribution in [0.25, 0.3) is 0 Å². The fourth-order valence-corrected chi connectivity index (χ4v) is 2.30. The first-order valence-corrected chi connectivity index (χ1v) is 6.88. The van der Waals surface area contributed by atoms with Gasteiger partial charge in [0, 0.05) is 19.0 Å². The highest BCUT2D eigenvalue weighted by Gasteiger charge is 2.07. The van der Waals surface area contributed by atoms with Crippen LogP contribution in [0.1, 0.15) is 34.9 Å². The van der Waals surface area contributed by atoms with Gasteiger partial charge in [0.05, 0.1) is 6.26 Å². The van der Waals surface area contributed by atoms with Gasteiger partial charge in [0.1, 0.15) is 5.76 Å². The van der Waals surface area contributed by atoms with E-state index in [0.29, 0.717) is 6.04 Å². The summed E-state index contributed by atoms with van der Waals surface area (Å²) in [4.78, 5) is 0. The van der Waals surface area contributed by atoms with Crippen molar-refractivity contribution in [3.63, 3.8) is 0 Å². The van der Waals surface area contributed by atoms with E-state index >= 15 is 0 Å². The Morgan fingerprint density at radius 1 is 1.11 bits per heavy atom. The van der Waals surface area contributed by atoms with Gasteiger partial charge in [-0.15, -0.1) is 0 Å². The van der Waals surface area contributed by atoms with Crippen LogP contribution in [0, 0.1) is 20.8 Å². The van der Waals surface area contributed by atoms with Gasteiger partial charge in [-0.05, 0) is 62.1 Å². The van der Waals surface area contributed by atoms with Crippen molar-refractivity contribution < 1.29 is 4.42 Å². The Morgan fingerprint density at radius 3 is 2.53 bits per heavy atom. The van der Waals surface area contributed by atoms with Crippen LogP contribution < -0.4 is 5.32 Å². The number of furan rings is 1. The molecule has 0 saturated carbocycles. The molecule has 1 atom stereocenters. The molecule has 2 aromatic rings. The summed E-state index contributed by atoms with van der Waals surface area (Å²) < 4.78 is 5.37. The van der Waals surface area contributed by atoms with Crippen LogP contribution in [0.15, 0.2) is 34.9 Å². The SMILES string of the molecule is Cc1cc(C)c(CNC(C)Cc2ccco2)cc1C. The van der Waals surface area contributed by atoms with Gasteiger partial charge >= 0.3 is 0 Å². The zero-order valence-corrected chi connectivity index (χ0v) is 12.3. The molecule has 1 N–H and O–H groups in total. The molecular weight excluding hydrogens is 234 g/mol. The number of aryl methyl sites for hydroxylation is 3. The van der Waals surface area contributed by atoms with Crippen molar-refractivity contribution in [2.24, 2.45) is 0 Å². The number of nitrogens with one attached hydrogen (secondary N) is 1. The maximum absolute atomic E-state index is 5.37. The lowest BCUT2D eigenvalue weighted by Crippen LogP contribution is -2.27. The summed E-state index contributed by atoms with van der Waals surface area (Å²) in [6, 6.07) is 8.93. The molecule has 1 aromatic heterocycles. The highest BCUT2D eigenvalue weighted by Crippen LogP contribution is 2.15. The Morgan fingerprint density at radius 2 is 1.84 bits per heavy atom. The highest BCUT2D eigenvalue weighted by atomic mass is 16.3. The number of hydrogen-bond acceptors (Lipinski definition) is 2. The smallest absolute Gasteiger partial charge is 0.105 e. The third-order valence-corrected chi connectivity index (χ3v) is 3.68. The van der Waals surface area contributed by atoms with E-state index in [0.717, 1.165) is 18.7 Å². The second-order valence-corrected chi connectivity index (χ2v) is 5.43. The Balaban J connectivity index is 1.93. The lowest BCUT2D eigenvalue weighted by atomic mass is 10.0. The van der Waals surface area contributed by atoms with Crippen molar-refractivity contribution in [3.8, 4) is 0 Å². The molecule has 1 aromatic carbocycles. The molecule has 0 aliphatic heterocycles. The molecule has 102 valence electrons. The Labute approximate surface area is 115 Å². The zero-order valence-electron chi connectivity index (χ0n) is 12.3. The van der Waals surface area contributed by atoms with E-state index in [-0.39, 0.29) is 0 Å². The van der Waals surface area contributed by atoms with Gasteiger partial charge in [0.25, 0.3) is 0 Å². The predicted molar refractivity (Wildman–Crippen MR) is 79.4 cm³/mol. The highest BCUT2D eigenvalue weighted by molar-refractivity contribution is 5.36. The summed E-state index contributed by atoms with van der Waals surface area (Å²) in [5.74, 6) is 1.04. The van der Waals surface area contributed by atoms with Crippen LogP contribution in [0.2, 0.25) is 0 Å². The molecule has 0 fully saturated rings. The summed E-state index contributed by atoms with van der Waals surface area (Å²) in [5.41, 5.74) is 5.47. The van der Waals surface area contributed by atoms with Crippen LogP contribution in [-0.4, -0.2) is 6.04 Å². The Kier molecular flexibility index (Phi) is 4.43. The lowest BCUT2D eigenvalue weighted by Gasteiger charge is -2.15. The number of rotatable bonds is 5. The van der Waals surface area contributed by atoms with Crippen LogP contribution in [-0.2, 0) is 13.0 Å². The predicted octanol–water partition coefficient (Wildman–Crippen LogP) is 3.93. The molecule has 2 rings (SSSR count). The van der Waals surface area contributed by atoms with Crippen molar-refractivity contribution in [1.82, 2.24) is 5.32 Å². The average Bonchev–Trinajstić information content (AvgIpc) is 2.85. The minimum atomic E-state index is 0.409. The van der Waals surface area contributed by atoms with Crippen LogP contribution in [0.3, 0.4) is 0 Å². The van der Waals surface area contributed by atoms with Crippen molar-refractivity contribution in [3.05, 3.63) is 58.5 Å². The second kappa shape index (κ2) is 6.07. The maximum atomic E-state index is 5.37. The first kappa shape index (κ1) is 13.9. The summed E-state index contributed by atoms with van der Waals surface area (Å²) in [6.45, 7) is 9.62.